The number of rotatable bonds is 6. The lowest BCUT2D eigenvalue weighted by molar-refractivity contribution is -0.385. The van der Waals surface area contributed by atoms with Crippen molar-refractivity contribution in [1.29, 1.82) is 0 Å². The van der Waals surface area contributed by atoms with Gasteiger partial charge in [0.25, 0.3) is 5.91 Å². The number of alkyl halides is 3. The number of carbonyl (C=O) groups excluding carboxylic acids is 4. The number of methoxy groups -OCH3 is 1. The molecule has 17 heteroatoms. The van der Waals surface area contributed by atoms with E-state index in [1.54, 1.807) is 26.1 Å². The van der Waals surface area contributed by atoms with Crippen LogP contribution in [0.2, 0.25) is 5.02 Å². The maximum absolute atomic E-state index is 13.1. The summed E-state index contributed by atoms with van der Waals surface area (Å²) in [5, 5.41) is 15.1. The second-order valence-corrected chi connectivity index (χ2v) is 9.22. The Kier molecular flexibility index (Phi) is 9.88. The summed E-state index contributed by atoms with van der Waals surface area (Å²) in [6, 6.07) is 5.28. The molecule has 5 amide bonds. The number of carbonyl (C=O) groups is 4. The Balaban J connectivity index is 2.36. The van der Waals surface area contributed by atoms with Crippen LogP contribution in [0.3, 0.4) is 0 Å². The summed E-state index contributed by atoms with van der Waals surface area (Å²) < 4.78 is 47.5. The third-order valence-corrected chi connectivity index (χ3v) is 4.96. The Morgan fingerprint density at radius 1 is 1.07 bits per heavy atom. The Hall–Kier alpha value is -4.60. The predicted molar refractivity (Wildman–Crippen MR) is 134 cm³/mol. The van der Waals surface area contributed by atoms with Gasteiger partial charge in [-0.3, -0.25) is 25.0 Å². The predicted octanol–water partition coefficient (Wildman–Crippen LogP) is 4.23. The largest absolute Gasteiger partial charge is 0.490 e. The molecule has 2 aromatic rings. The van der Waals surface area contributed by atoms with Crippen molar-refractivity contribution in [2.75, 3.05) is 12.1 Å². The van der Waals surface area contributed by atoms with Crippen LogP contribution < -0.4 is 25.8 Å². The van der Waals surface area contributed by atoms with Crippen molar-refractivity contribution in [2.45, 2.75) is 39.1 Å². The molecular formula is C23H23ClF3N5O8. The molecule has 13 nitrogen and oxygen atoms in total. The van der Waals surface area contributed by atoms with Crippen LogP contribution in [0.15, 0.2) is 36.4 Å². The zero-order valence-corrected chi connectivity index (χ0v) is 22.1. The Labute approximate surface area is 229 Å². The van der Waals surface area contributed by atoms with Gasteiger partial charge in [0.2, 0.25) is 0 Å². The number of nitro benzene ring substituents is 1. The highest BCUT2D eigenvalue weighted by molar-refractivity contribution is 6.34. The van der Waals surface area contributed by atoms with E-state index < -0.39 is 52.9 Å². The fourth-order valence-corrected chi connectivity index (χ4v) is 3.14. The summed E-state index contributed by atoms with van der Waals surface area (Å²) >= 11 is 6.03. The van der Waals surface area contributed by atoms with Gasteiger partial charge in [0.05, 0.1) is 28.3 Å². The molecule has 0 aliphatic carbocycles. The number of hydrazine groups is 1. The zero-order chi connectivity index (χ0) is 30.4. The highest BCUT2D eigenvalue weighted by atomic mass is 35.5. The molecule has 0 aliphatic rings. The highest BCUT2D eigenvalue weighted by Crippen LogP contribution is 2.31. The third-order valence-electron chi connectivity index (χ3n) is 4.63. The van der Waals surface area contributed by atoms with Crippen LogP contribution in [0.5, 0.6) is 5.75 Å². The average molecular weight is 590 g/mol. The van der Waals surface area contributed by atoms with Crippen LogP contribution in [0.25, 0.3) is 0 Å². The van der Waals surface area contributed by atoms with E-state index in [1.807, 2.05) is 5.32 Å². The lowest BCUT2D eigenvalue weighted by Gasteiger charge is -2.26. The van der Waals surface area contributed by atoms with Gasteiger partial charge in [0.15, 0.2) is 5.75 Å². The second-order valence-electron chi connectivity index (χ2n) is 8.82. The van der Waals surface area contributed by atoms with Crippen molar-refractivity contribution in [3.63, 3.8) is 0 Å². The van der Waals surface area contributed by atoms with Crippen molar-refractivity contribution in [3.8, 4) is 5.75 Å². The Morgan fingerprint density at radius 2 is 1.73 bits per heavy atom. The minimum atomic E-state index is -5.12. The van der Waals surface area contributed by atoms with Crippen molar-refractivity contribution in [1.82, 2.24) is 16.1 Å². The van der Waals surface area contributed by atoms with Gasteiger partial charge in [-0.05, 0) is 44.5 Å². The number of halogens is 4. The molecule has 0 heterocycles. The van der Waals surface area contributed by atoms with Gasteiger partial charge in [-0.1, -0.05) is 17.7 Å². The van der Waals surface area contributed by atoms with Crippen molar-refractivity contribution in [2.24, 2.45) is 0 Å². The molecule has 0 aromatic heterocycles. The molecule has 2 aromatic carbocycles. The van der Waals surface area contributed by atoms with Gasteiger partial charge >= 0.3 is 29.9 Å². The second kappa shape index (κ2) is 12.5. The molecule has 0 radical (unpaired) electrons. The molecule has 0 saturated carbocycles. The summed E-state index contributed by atoms with van der Waals surface area (Å²) in [5.41, 5.74) is 0.166. The average Bonchev–Trinajstić information content (AvgIpc) is 2.84. The lowest BCUT2D eigenvalue weighted by Crippen LogP contribution is -2.53. The molecule has 0 fully saturated rings. The monoisotopic (exact) mass is 589 g/mol. The fraction of sp³-hybridized carbons (Fsp3) is 0.304. The smallest absolute Gasteiger partial charge is 0.471 e. The van der Waals surface area contributed by atoms with E-state index in [0.717, 1.165) is 37.4 Å². The molecule has 0 bridgehead atoms. The zero-order valence-electron chi connectivity index (χ0n) is 21.3. The number of benzene rings is 2. The number of urea groups is 1. The SMILES string of the molecule is COc1cc(N(NC(=O)OC(C)(C)C)C(=O)NC(=O)c2cc(CNC(=O)C(F)(F)F)ccc2Cl)ccc1[N+](=O)[O-]. The molecule has 0 spiro atoms. The van der Waals surface area contributed by atoms with E-state index in [2.05, 4.69) is 5.43 Å². The van der Waals surface area contributed by atoms with E-state index in [-0.39, 0.29) is 27.6 Å². The summed E-state index contributed by atoms with van der Waals surface area (Å²) in [6.07, 6.45) is -6.25. The minimum absolute atomic E-state index is 0.0449. The van der Waals surface area contributed by atoms with Gasteiger partial charge in [0, 0.05) is 18.7 Å². The van der Waals surface area contributed by atoms with Gasteiger partial charge in [-0.2, -0.15) is 18.2 Å². The molecule has 40 heavy (non-hydrogen) atoms. The first kappa shape index (κ1) is 31.6. The highest BCUT2D eigenvalue weighted by Gasteiger charge is 2.38. The van der Waals surface area contributed by atoms with Gasteiger partial charge in [-0.15, -0.1) is 0 Å². The molecule has 0 aliphatic heterocycles. The first-order valence-electron chi connectivity index (χ1n) is 11.0. The van der Waals surface area contributed by atoms with Crippen molar-refractivity contribution < 1.29 is 46.7 Å². The van der Waals surface area contributed by atoms with Crippen LogP contribution in [-0.2, 0) is 16.1 Å². The normalized spacial score (nSPS) is 11.2. The third kappa shape index (κ3) is 8.72. The van der Waals surface area contributed by atoms with E-state index in [0.29, 0.717) is 5.01 Å². The number of hydrogen-bond donors (Lipinski definition) is 3. The first-order valence-corrected chi connectivity index (χ1v) is 11.4. The van der Waals surface area contributed by atoms with E-state index in [9.17, 15) is 42.5 Å². The van der Waals surface area contributed by atoms with Crippen LogP contribution in [0, 0.1) is 10.1 Å². The molecule has 216 valence electrons. The minimum Gasteiger partial charge on any atom is -0.490 e. The molecule has 0 unspecified atom stereocenters. The van der Waals surface area contributed by atoms with Gasteiger partial charge < -0.3 is 14.8 Å². The number of imide groups is 1. The van der Waals surface area contributed by atoms with E-state index in [1.165, 1.54) is 6.07 Å². The van der Waals surface area contributed by atoms with E-state index >= 15 is 0 Å². The molecule has 0 saturated heterocycles. The maximum Gasteiger partial charge on any atom is 0.471 e. The summed E-state index contributed by atoms with van der Waals surface area (Å²) in [4.78, 5) is 59.9. The molecule has 3 N–H and O–H groups in total. The fourth-order valence-electron chi connectivity index (χ4n) is 2.94. The number of amides is 5. The number of nitrogens with zero attached hydrogens (tertiary/aromatic N) is 2. The molecular weight excluding hydrogens is 567 g/mol. The van der Waals surface area contributed by atoms with Crippen LogP contribution in [-0.4, -0.2) is 47.7 Å². The van der Waals surface area contributed by atoms with Crippen LogP contribution >= 0.6 is 11.6 Å². The Bertz CT molecular complexity index is 1330. The summed E-state index contributed by atoms with van der Waals surface area (Å²) in [6.45, 7) is 4.02. The van der Waals surface area contributed by atoms with Crippen molar-refractivity contribution in [3.05, 3.63) is 62.7 Å². The maximum atomic E-state index is 13.1. The quantitative estimate of drug-likeness (QED) is 0.332. The number of hydrogen-bond acceptors (Lipinski definition) is 8. The number of nitro groups is 1. The van der Waals surface area contributed by atoms with E-state index in [4.69, 9.17) is 21.1 Å². The molecule has 0 atom stereocenters. The standard InChI is InChI=1S/C23H23ClF3N5O8/c1-22(2,3)40-21(36)30-31(13-6-8-16(32(37)38)17(10-13)39-4)20(35)29-18(33)14-9-12(5-7-15(14)24)11-28-19(34)23(25,26)27/h5-10H,11H2,1-4H3,(H,28,34)(H,30,36)(H,29,33,35). The number of nitrogens with one attached hydrogen (secondary N) is 3. The van der Waals surface area contributed by atoms with Crippen LogP contribution in [0.4, 0.5) is 34.1 Å². The Morgan fingerprint density at radius 3 is 2.27 bits per heavy atom. The van der Waals surface area contributed by atoms with Crippen molar-refractivity contribution >= 4 is 46.9 Å². The lowest BCUT2D eigenvalue weighted by atomic mass is 10.1. The summed E-state index contributed by atoms with van der Waals surface area (Å²) in [5.74, 6) is -3.62. The molecule has 2 rings (SSSR count). The number of anilines is 1. The van der Waals surface area contributed by atoms with Gasteiger partial charge in [-0.25, -0.2) is 15.0 Å². The van der Waals surface area contributed by atoms with Crippen LogP contribution in [0.1, 0.15) is 36.7 Å². The summed E-state index contributed by atoms with van der Waals surface area (Å²) in [7, 11) is 1.13. The van der Waals surface area contributed by atoms with Gasteiger partial charge in [0.1, 0.15) is 5.60 Å². The first-order chi connectivity index (χ1) is 18.4. The topological polar surface area (TPSA) is 169 Å². The number of ether oxygens (including phenoxy) is 2.